The van der Waals surface area contributed by atoms with Gasteiger partial charge in [0.05, 0.1) is 6.42 Å². The maximum absolute atomic E-state index is 10.2. The van der Waals surface area contributed by atoms with E-state index >= 15 is 0 Å². The van der Waals surface area contributed by atoms with Gasteiger partial charge in [0.1, 0.15) is 5.15 Å². The van der Waals surface area contributed by atoms with Gasteiger partial charge in [0.15, 0.2) is 0 Å². The van der Waals surface area contributed by atoms with Crippen LogP contribution >= 0.6 is 23.4 Å². The molecule has 5 heteroatoms. The van der Waals surface area contributed by atoms with Gasteiger partial charge in [-0.25, -0.2) is 4.98 Å². The van der Waals surface area contributed by atoms with Crippen LogP contribution in [0, 0.1) is 0 Å². The van der Waals surface area contributed by atoms with Crippen LogP contribution in [-0.4, -0.2) is 21.8 Å². The molecule has 3 nitrogen and oxygen atoms in total. The Bertz CT molecular complexity index is 319. The number of aliphatic carboxylic acids is 1. The molecule has 0 aliphatic rings. The number of nitrogens with zero attached hydrogens (tertiary/aromatic N) is 1. The van der Waals surface area contributed by atoms with Crippen LogP contribution in [0.15, 0.2) is 18.3 Å². The fourth-order valence-corrected chi connectivity index (χ4v) is 2.05. The topological polar surface area (TPSA) is 50.2 Å². The number of halogens is 1. The highest BCUT2D eigenvalue weighted by Crippen LogP contribution is 2.18. The maximum Gasteiger partial charge on any atom is 0.304 e. The highest BCUT2D eigenvalue weighted by atomic mass is 35.5. The predicted octanol–water partition coefficient (Wildman–Crippen LogP) is 2.44. The van der Waals surface area contributed by atoms with Gasteiger partial charge in [-0.15, -0.1) is 0 Å². The van der Waals surface area contributed by atoms with Gasteiger partial charge in [-0.2, -0.15) is 11.8 Å². The van der Waals surface area contributed by atoms with Gasteiger partial charge in [-0.05, 0) is 11.6 Å². The fourth-order valence-electron chi connectivity index (χ4n) is 0.869. The summed E-state index contributed by atoms with van der Waals surface area (Å²) in [4.78, 5) is 14.2. The Morgan fingerprint density at radius 2 is 2.43 bits per heavy atom. The van der Waals surface area contributed by atoms with Crippen molar-refractivity contribution in [3.63, 3.8) is 0 Å². The lowest BCUT2D eigenvalue weighted by Gasteiger charge is -2.01. The first kappa shape index (κ1) is 11.3. The van der Waals surface area contributed by atoms with E-state index in [2.05, 4.69) is 4.98 Å². The Labute approximate surface area is 91.5 Å². The molecule has 76 valence electrons. The van der Waals surface area contributed by atoms with E-state index in [1.54, 1.807) is 18.0 Å². The SMILES string of the molecule is O=C(O)CCSCc1cccnc1Cl. The molecule has 1 aromatic rings. The zero-order valence-corrected chi connectivity index (χ0v) is 9.01. The van der Waals surface area contributed by atoms with E-state index in [0.717, 1.165) is 5.56 Å². The van der Waals surface area contributed by atoms with Gasteiger partial charge in [0.25, 0.3) is 0 Å². The summed E-state index contributed by atoms with van der Waals surface area (Å²) in [5, 5.41) is 8.91. The number of rotatable bonds is 5. The molecule has 0 fully saturated rings. The molecule has 0 amide bonds. The van der Waals surface area contributed by atoms with Crippen molar-refractivity contribution in [3.8, 4) is 0 Å². The molecular formula is C9H10ClNO2S. The number of hydrogen-bond acceptors (Lipinski definition) is 3. The molecular weight excluding hydrogens is 222 g/mol. The molecule has 0 bridgehead atoms. The molecule has 14 heavy (non-hydrogen) atoms. The average Bonchev–Trinajstić information content (AvgIpc) is 2.15. The van der Waals surface area contributed by atoms with Gasteiger partial charge < -0.3 is 5.11 Å². The van der Waals surface area contributed by atoms with Crippen molar-refractivity contribution in [2.45, 2.75) is 12.2 Å². The maximum atomic E-state index is 10.2. The molecule has 0 radical (unpaired) electrons. The summed E-state index contributed by atoms with van der Waals surface area (Å²) >= 11 is 7.37. The lowest BCUT2D eigenvalue weighted by Crippen LogP contribution is -1.96. The summed E-state index contributed by atoms with van der Waals surface area (Å²) in [7, 11) is 0. The summed E-state index contributed by atoms with van der Waals surface area (Å²) in [5.74, 6) is 0.537. The Morgan fingerprint density at radius 1 is 1.64 bits per heavy atom. The highest BCUT2D eigenvalue weighted by Gasteiger charge is 2.01. The van der Waals surface area contributed by atoms with Crippen LogP contribution < -0.4 is 0 Å². The van der Waals surface area contributed by atoms with Crippen molar-refractivity contribution in [2.24, 2.45) is 0 Å². The van der Waals surface area contributed by atoms with Crippen molar-refractivity contribution >= 4 is 29.3 Å². The van der Waals surface area contributed by atoms with E-state index in [1.165, 1.54) is 0 Å². The minimum Gasteiger partial charge on any atom is -0.481 e. The monoisotopic (exact) mass is 231 g/mol. The van der Waals surface area contributed by atoms with Crippen LogP contribution in [0.3, 0.4) is 0 Å². The molecule has 0 unspecified atom stereocenters. The van der Waals surface area contributed by atoms with Gasteiger partial charge in [-0.1, -0.05) is 17.7 Å². The van der Waals surface area contributed by atoms with Crippen molar-refractivity contribution in [1.82, 2.24) is 4.98 Å². The third-order valence-corrected chi connectivity index (χ3v) is 2.90. The van der Waals surface area contributed by atoms with E-state index in [-0.39, 0.29) is 6.42 Å². The summed E-state index contributed by atoms with van der Waals surface area (Å²) in [6, 6.07) is 3.71. The summed E-state index contributed by atoms with van der Waals surface area (Å²) in [6.07, 6.45) is 1.82. The van der Waals surface area contributed by atoms with Crippen molar-refractivity contribution in [2.75, 3.05) is 5.75 Å². The van der Waals surface area contributed by atoms with Gasteiger partial charge in [0.2, 0.25) is 0 Å². The van der Waals surface area contributed by atoms with Gasteiger partial charge in [0, 0.05) is 17.7 Å². The largest absolute Gasteiger partial charge is 0.481 e. The first-order chi connectivity index (χ1) is 6.70. The summed E-state index contributed by atoms with van der Waals surface area (Å²) < 4.78 is 0. The minimum atomic E-state index is -0.769. The third-order valence-electron chi connectivity index (χ3n) is 1.55. The van der Waals surface area contributed by atoms with Crippen molar-refractivity contribution in [1.29, 1.82) is 0 Å². The van der Waals surface area contributed by atoms with Crippen LogP contribution in [0.4, 0.5) is 0 Å². The molecule has 1 rings (SSSR count). The minimum absolute atomic E-state index is 0.183. The molecule has 0 aliphatic heterocycles. The van der Waals surface area contributed by atoms with E-state index < -0.39 is 5.97 Å². The van der Waals surface area contributed by atoms with Gasteiger partial charge in [-0.3, -0.25) is 4.79 Å². The van der Waals surface area contributed by atoms with Crippen molar-refractivity contribution in [3.05, 3.63) is 29.0 Å². The number of hydrogen-bond donors (Lipinski definition) is 1. The van der Waals surface area contributed by atoms with E-state index in [0.29, 0.717) is 16.7 Å². The highest BCUT2D eigenvalue weighted by molar-refractivity contribution is 7.98. The molecule has 1 N–H and O–H groups in total. The molecule has 1 heterocycles. The van der Waals surface area contributed by atoms with Crippen LogP contribution in [0.25, 0.3) is 0 Å². The predicted molar refractivity (Wildman–Crippen MR) is 57.7 cm³/mol. The lowest BCUT2D eigenvalue weighted by molar-refractivity contribution is -0.136. The van der Waals surface area contributed by atoms with Crippen LogP contribution in [0.1, 0.15) is 12.0 Å². The number of carbonyl (C=O) groups is 1. The standard InChI is InChI=1S/C9H10ClNO2S/c10-9-7(2-1-4-11-9)6-14-5-3-8(12)13/h1-2,4H,3,5-6H2,(H,12,13). The van der Waals surface area contributed by atoms with Crippen LogP contribution in [0.2, 0.25) is 5.15 Å². The fraction of sp³-hybridized carbons (Fsp3) is 0.333. The molecule has 0 aromatic carbocycles. The normalized spacial score (nSPS) is 10.1. The number of pyridine rings is 1. The molecule has 0 atom stereocenters. The Kier molecular flexibility index (Phi) is 4.76. The second-order valence-electron chi connectivity index (χ2n) is 2.65. The summed E-state index contributed by atoms with van der Waals surface area (Å²) in [5.41, 5.74) is 0.949. The number of aromatic nitrogens is 1. The zero-order valence-electron chi connectivity index (χ0n) is 7.44. The lowest BCUT2D eigenvalue weighted by atomic mass is 10.3. The first-order valence-corrected chi connectivity index (χ1v) is 5.62. The molecule has 0 spiro atoms. The zero-order chi connectivity index (χ0) is 10.4. The van der Waals surface area contributed by atoms with Crippen LogP contribution in [0.5, 0.6) is 0 Å². The number of thioether (sulfide) groups is 1. The molecule has 0 saturated carbocycles. The number of carboxylic acids is 1. The first-order valence-electron chi connectivity index (χ1n) is 4.09. The second-order valence-corrected chi connectivity index (χ2v) is 4.11. The Balaban J connectivity index is 2.31. The van der Waals surface area contributed by atoms with Gasteiger partial charge >= 0.3 is 5.97 Å². The molecule has 1 aromatic heterocycles. The van der Waals surface area contributed by atoms with Crippen LogP contribution in [-0.2, 0) is 10.5 Å². The molecule has 0 saturated heterocycles. The average molecular weight is 232 g/mol. The second kappa shape index (κ2) is 5.88. The Hall–Kier alpha value is -0.740. The van der Waals surface area contributed by atoms with E-state index in [1.807, 2.05) is 12.1 Å². The summed E-state index contributed by atoms with van der Waals surface area (Å²) in [6.45, 7) is 0. The Morgan fingerprint density at radius 3 is 3.07 bits per heavy atom. The molecule has 0 aliphatic carbocycles. The smallest absolute Gasteiger partial charge is 0.304 e. The third kappa shape index (κ3) is 3.98. The number of carboxylic acid groups (broad SMARTS) is 1. The van der Waals surface area contributed by atoms with E-state index in [4.69, 9.17) is 16.7 Å². The van der Waals surface area contributed by atoms with Crippen molar-refractivity contribution < 1.29 is 9.90 Å². The quantitative estimate of drug-likeness (QED) is 0.625. The van der Waals surface area contributed by atoms with E-state index in [9.17, 15) is 4.79 Å².